The normalized spacial score (nSPS) is 12.0. The Morgan fingerprint density at radius 2 is 1.07 bits per heavy atom. The van der Waals surface area contributed by atoms with Crippen LogP contribution < -0.4 is 11.1 Å². The number of hydrogen-bond donors (Lipinski definition) is 3. The van der Waals surface area contributed by atoms with Gasteiger partial charge in [-0.25, -0.2) is 4.79 Å². The van der Waals surface area contributed by atoms with Crippen LogP contribution >= 0.6 is 11.6 Å². The number of halogens is 1. The molecule has 0 bridgehead atoms. The maximum atomic E-state index is 13.1. The summed E-state index contributed by atoms with van der Waals surface area (Å²) < 4.78 is 4.61. The van der Waals surface area contributed by atoms with Gasteiger partial charge in [0.2, 0.25) is 0 Å². The molecule has 0 aromatic heterocycles. The summed E-state index contributed by atoms with van der Waals surface area (Å²) in [5, 5.41) is 12.7. The summed E-state index contributed by atoms with van der Waals surface area (Å²) in [7, 11) is 1.35. The van der Waals surface area contributed by atoms with Gasteiger partial charge in [-0.05, 0) is 74.0 Å². The van der Waals surface area contributed by atoms with Crippen molar-refractivity contribution in [1.82, 2.24) is 5.32 Å². The summed E-state index contributed by atoms with van der Waals surface area (Å²) in [4.78, 5) is 36.4. The summed E-state index contributed by atoms with van der Waals surface area (Å²) in [5.74, 6) is -2.01. The number of nitrogens with one attached hydrogen (secondary N) is 1. The van der Waals surface area contributed by atoms with E-state index in [2.05, 4.69) is 55.1 Å². The van der Waals surface area contributed by atoms with Crippen molar-refractivity contribution in [2.24, 2.45) is 5.73 Å². The van der Waals surface area contributed by atoms with Crippen LogP contribution in [0, 0.1) is 0 Å². The molecule has 6 aromatic carbocycles. The number of nitrogens with two attached hydrogens (primary N) is 1. The van der Waals surface area contributed by atoms with E-state index in [-0.39, 0.29) is 28.4 Å². The molecule has 0 saturated carbocycles. The number of carbonyl (C=O) groups excluding carboxylic acids is 2. The maximum Gasteiger partial charge on any atom is 0.326 e. The number of ether oxygens (including phenoxy) is 1. The summed E-state index contributed by atoms with van der Waals surface area (Å²) >= 11 is 6.35. The molecule has 286 valence electrons. The number of carbonyl (C=O) groups is 3. The van der Waals surface area contributed by atoms with Crippen molar-refractivity contribution in [3.05, 3.63) is 179 Å². The van der Waals surface area contributed by atoms with Gasteiger partial charge in [-0.2, -0.15) is 0 Å². The lowest BCUT2D eigenvalue weighted by molar-refractivity contribution is -0.142. The molecule has 6 rings (SSSR count). The molecule has 8 heteroatoms. The van der Waals surface area contributed by atoms with Crippen molar-refractivity contribution in [3.63, 3.8) is 0 Å². The SMILES string of the molecule is CC(C)(C)c1ccc(-c2ccc(Cl)c(C(=O)N[C@@H](Cc3ccc(-c4ccccc4)cc3)C(=O)O)c2)cc1.COC(=O)[C@@H](N)Cc1ccc(-c2ccccc2)cc1. The van der Waals surface area contributed by atoms with E-state index >= 15 is 0 Å². The number of aliphatic carboxylic acids is 1. The van der Waals surface area contributed by atoms with E-state index in [9.17, 15) is 19.5 Å². The van der Waals surface area contributed by atoms with Gasteiger partial charge in [0.15, 0.2) is 0 Å². The summed E-state index contributed by atoms with van der Waals surface area (Å²) in [6.07, 6.45) is 0.642. The van der Waals surface area contributed by atoms with Crippen LogP contribution in [-0.4, -0.2) is 42.1 Å². The van der Waals surface area contributed by atoms with Crippen LogP contribution in [0.25, 0.3) is 33.4 Å². The number of benzene rings is 6. The fourth-order valence-electron chi connectivity index (χ4n) is 6.13. The van der Waals surface area contributed by atoms with E-state index in [0.29, 0.717) is 6.42 Å². The van der Waals surface area contributed by atoms with Crippen molar-refractivity contribution in [2.75, 3.05) is 7.11 Å². The first-order valence-corrected chi connectivity index (χ1v) is 18.8. The van der Waals surface area contributed by atoms with Gasteiger partial charge in [-0.3, -0.25) is 9.59 Å². The van der Waals surface area contributed by atoms with Gasteiger partial charge >= 0.3 is 11.9 Å². The van der Waals surface area contributed by atoms with E-state index in [1.807, 2.05) is 115 Å². The number of rotatable bonds is 11. The third-order valence-corrected chi connectivity index (χ3v) is 9.75. The zero-order chi connectivity index (χ0) is 40.2. The Labute approximate surface area is 334 Å². The molecule has 0 spiro atoms. The van der Waals surface area contributed by atoms with Gasteiger partial charge in [0.05, 0.1) is 17.7 Å². The third-order valence-electron chi connectivity index (χ3n) is 9.42. The molecular weight excluding hydrogens is 720 g/mol. The molecule has 7 nitrogen and oxygen atoms in total. The van der Waals surface area contributed by atoms with Crippen LogP contribution in [0.5, 0.6) is 0 Å². The van der Waals surface area contributed by atoms with Crippen molar-refractivity contribution in [2.45, 2.75) is 51.1 Å². The second-order valence-electron chi connectivity index (χ2n) is 14.6. The highest BCUT2D eigenvalue weighted by molar-refractivity contribution is 6.34. The van der Waals surface area contributed by atoms with E-state index < -0.39 is 24.0 Å². The molecule has 0 aliphatic carbocycles. The molecule has 6 aromatic rings. The minimum Gasteiger partial charge on any atom is -0.480 e. The van der Waals surface area contributed by atoms with Crippen LogP contribution in [0.4, 0.5) is 0 Å². The Morgan fingerprint density at radius 1 is 0.643 bits per heavy atom. The van der Waals surface area contributed by atoms with Gasteiger partial charge < -0.3 is 20.9 Å². The van der Waals surface area contributed by atoms with Gasteiger partial charge in [0.1, 0.15) is 12.1 Å². The maximum absolute atomic E-state index is 13.1. The lowest BCUT2D eigenvalue weighted by atomic mass is 9.86. The van der Waals surface area contributed by atoms with Crippen LogP contribution in [0.15, 0.2) is 152 Å². The van der Waals surface area contributed by atoms with Crippen LogP contribution in [0.1, 0.15) is 47.8 Å². The Kier molecular flexibility index (Phi) is 14.0. The molecule has 0 unspecified atom stereocenters. The average molecular weight is 767 g/mol. The summed E-state index contributed by atoms with van der Waals surface area (Å²) in [6.45, 7) is 6.47. The smallest absolute Gasteiger partial charge is 0.326 e. The molecule has 4 N–H and O–H groups in total. The second kappa shape index (κ2) is 19.0. The zero-order valence-corrected chi connectivity index (χ0v) is 32.8. The van der Waals surface area contributed by atoms with Crippen molar-refractivity contribution in [3.8, 4) is 33.4 Å². The van der Waals surface area contributed by atoms with E-state index in [0.717, 1.165) is 38.9 Å². The molecule has 0 aliphatic rings. The second-order valence-corrected chi connectivity index (χ2v) is 15.0. The summed E-state index contributed by atoms with van der Waals surface area (Å²) in [5.41, 5.74) is 15.3. The van der Waals surface area contributed by atoms with Crippen molar-refractivity contribution >= 4 is 29.4 Å². The first-order valence-electron chi connectivity index (χ1n) is 18.4. The molecule has 0 aliphatic heterocycles. The van der Waals surface area contributed by atoms with E-state index in [4.69, 9.17) is 17.3 Å². The lowest BCUT2D eigenvalue weighted by Gasteiger charge is -2.19. The first-order chi connectivity index (χ1) is 26.8. The van der Waals surface area contributed by atoms with Gasteiger partial charge in [-0.1, -0.05) is 172 Å². The number of esters is 1. The average Bonchev–Trinajstić information content (AvgIpc) is 3.21. The Hall–Kier alpha value is -6.02. The highest BCUT2D eigenvalue weighted by Gasteiger charge is 2.23. The monoisotopic (exact) mass is 766 g/mol. The number of carboxylic acids is 1. The third kappa shape index (κ3) is 11.3. The van der Waals surface area contributed by atoms with E-state index in [1.54, 1.807) is 12.1 Å². The molecular formula is C48H47ClN2O5. The van der Waals surface area contributed by atoms with Gasteiger partial charge in [0.25, 0.3) is 5.91 Å². The fourth-order valence-corrected chi connectivity index (χ4v) is 6.33. The van der Waals surface area contributed by atoms with Gasteiger partial charge in [-0.15, -0.1) is 0 Å². The van der Waals surface area contributed by atoms with Crippen LogP contribution in [0.3, 0.4) is 0 Å². The predicted octanol–water partition coefficient (Wildman–Crippen LogP) is 9.79. The van der Waals surface area contributed by atoms with Gasteiger partial charge in [0, 0.05) is 6.42 Å². The molecule has 0 heterocycles. The first kappa shape index (κ1) is 41.1. The largest absolute Gasteiger partial charge is 0.480 e. The highest BCUT2D eigenvalue weighted by atomic mass is 35.5. The summed E-state index contributed by atoms with van der Waals surface area (Å²) in [6, 6.07) is 47.5. The predicted molar refractivity (Wildman–Crippen MR) is 226 cm³/mol. The Bertz CT molecular complexity index is 2220. The van der Waals surface area contributed by atoms with E-state index in [1.165, 1.54) is 18.2 Å². The number of methoxy groups -OCH3 is 1. The number of hydrogen-bond acceptors (Lipinski definition) is 5. The number of amides is 1. The quantitative estimate of drug-likeness (QED) is 0.113. The van der Waals surface area contributed by atoms with Crippen molar-refractivity contribution < 1.29 is 24.2 Å². The molecule has 0 fully saturated rings. The molecule has 1 amide bonds. The number of carboxylic acid groups (broad SMARTS) is 1. The van der Waals surface area contributed by atoms with Crippen molar-refractivity contribution in [1.29, 1.82) is 0 Å². The highest BCUT2D eigenvalue weighted by Crippen LogP contribution is 2.29. The topological polar surface area (TPSA) is 119 Å². The molecule has 56 heavy (non-hydrogen) atoms. The lowest BCUT2D eigenvalue weighted by Crippen LogP contribution is -2.42. The molecule has 2 atom stereocenters. The van der Waals surface area contributed by atoms with Crippen LogP contribution in [-0.2, 0) is 32.6 Å². The Morgan fingerprint density at radius 3 is 1.54 bits per heavy atom. The standard InChI is InChI=1S/C32H30ClNO3.C16H17NO2/c1-32(2,3)26-16-13-24(14-17-26)25-15-18-28(33)27(20-25)30(35)34-29(31(36)37)19-21-9-11-23(12-10-21)22-7-5-4-6-8-22;1-19-16(18)15(17)11-12-7-9-14(10-8-12)13-5-3-2-4-6-13/h4-18,20,29H,19H2,1-3H3,(H,34,35)(H,36,37);2-10,15H,11,17H2,1H3/t29-;15-/m00/s1. The minimum absolute atomic E-state index is 0.0390. The Balaban J connectivity index is 0.000000265. The molecule has 0 saturated heterocycles. The fraction of sp³-hybridized carbons (Fsp3) is 0.188. The minimum atomic E-state index is -1.11. The van der Waals surface area contributed by atoms with Crippen LogP contribution in [0.2, 0.25) is 5.02 Å². The molecule has 0 radical (unpaired) electrons. The zero-order valence-electron chi connectivity index (χ0n) is 32.0.